The third-order valence-corrected chi connectivity index (χ3v) is 2.40. The Morgan fingerprint density at radius 1 is 1.18 bits per heavy atom. The van der Waals surface area contributed by atoms with Gasteiger partial charge in [0.05, 0.1) is 6.42 Å². The third-order valence-electron chi connectivity index (χ3n) is 2.40. The normalized spacial score (nSPS) is 11.2. The fourth-order valence-electron chi connectivity index (χ4n) is 1.55. The van der Waals surface area contributed by atoms with Crippen LogP contribution in [0.15, 0.2) is 24.3 Å². The molecule has 0 aromatic heterocycles. The summed E-state index contributed by atoms with van der Waals surface area (Å²) in [6.07, 6.45) is 0.208. The van der Waals surface area contributed by atoms with Gasteiger partial charge in [-0.05, 0) is 29.7 Å². The van der Waals surface area contributed by atoms with E-state index in [1.807, 2.05) is 20.8 Å². The van der Waals surface area contributed by atoms with E-state index < -0.39 is 25.1 Å². The molecule has 0 aliphatic carbocycles. The molecule has 5 nitrogen and oxygen atoms in total. The Bertz CT molecular complexity index is 509. The van der Waals surface area contributed by atoms with Gasteiger partial charge in [-0.1, -0.05) is 20.8 Å². The molecule has 0 spiro atoms. The number of benzene rings is 1. The molecule has 0 aliphatic rings. The maximum atomic E-state index is 12.0. The molecule has 0 radical (unpaired) electrons. The molecule has 0 fully saturated rings. The molecule has 1 rings (SSSR count). The van der Waals surface area contributed by atoms with Gasteiger partial charge in [0.2, 0.25) is 0 Å². The van der Waals surface area contributed by atoms with E-state index in [0.29, 0.717) is 5.69 Å². The van der Waals surface area contributed by atoms with Crippen molar-refractivity contribution in [2.75, 3.05) is 11.9 Å². The Labute approximate surface area is 127 Å². The predicted molar refractivity (Wildman–Crippen MR) is 76.7 cm³/mol. The summed E-state index contributed by atoms with van der Waals surface area (Å²) in [5.41, 5.74) is 0.173. The van der Waals surface area contributed by atoms with Gasteiger partial charge in [-0.2, -0.15) is 8.78 Å². The number of hydrogen-bond donors (Lipinski definition) is 1. The van der Waals surface area contributed by atoms with Crippen molar-refractivity contribution >= 4 is 17.6 Å². The van der Waals surface area contributed by atoms with E-state index in [1.54, 1.807) is 0 Å². The summed E-state index contributed by atoms with van der Waals surface area (Å²) in [5.74, 6) is -0.974. The standard InChI is InChI=1S/C15H19F2NO4/c1-15(2,3)8-13(20)21-9-12(19)18-10-4-6-11(7-5-10)22-14(16)17/h4-7,14H,8-9H2,1-3H3,(H,18,19). The van der Waals surface area contributed by atoms with Crippen LogP contribution in [0.5, 0.6) is 5.75 Å². The summed E-state index contributed by atoms with van der Waals surface area (Å²) >= 11 is 0. The van der Waals surface area contributed by atoms with Gasteiger partial charge in [0.1, 0.15) is 5.75 Å². The van der Waals surface area contributed by atoms with Gasteiger partial charge in [-0.25, -0.2) is 0 Å². The van der Waals surface area contributed by atoms with Gasteiger partial charge in [0, 0.05) is 5.69 Å². The van der Waals surface area contributed by atoms with Crippen LogP contribution in [0.2, 0.25) is 0 Å². The minimum atomic E-state index is -2.90. The van der Waals surface area contributed by atoms with Crippen molar-refractivity contribution < 1.29 is 27.8 Å². The monoisotopic (exact) mass is 315 g/mol. The third kappa shape index (κ3) is 7.56. The first kappa shape index (κ1) is 17.9. The zero-order chi connectivity index (χ0) is 16.8. The van der Waals surface area contributed by atoms with Crippen LogP contribution in [0, 0.1) is 5.41 Å². The van der Waals surface area contributed by atoms with Crippen LogP contribution in [0.3, 0.4) is 0 Å². The molecule has 1 amide bonds. The highest BCUT2D eigenvalue weighted by molar-refractivity contribution is 5.92. The molecule has 0 bridgehead atoms. The summed E-state index contributed by atoms with van der Waals surface area (Å²) < 4.78 is 33.0. The van der Waals surface area contributed by atoms with Crippen LogP contribution in [-0.2, 0) is 14.3 Å². The van der Waals surface area contributed by atoms with Crippen LogP contribution >= 0.6 is 0 Å². The van der Waals surface area contributed by atoms with E-state index in [9.17, 15) is 18.4 Å². The fourth-order valence-corrected chi connectivity index (χ4v) is 1.55. The molecule has 0 aliphatic heterocycles. The van der Waals surface area contributed by atoms with Crippen LogP contribution < -0.4 is 10.1 Å². The van der Waals surface area contributed by atoms with E-state index in [0.717, 1.165) is 0 Å². The molecule has 1 aromatic rings. The molecule has 22 heavy (non-hydrogen) atoms. The van der Waals surface area contributed by atoms with Gasteiger partial charge < -0.3 is 14.8 Å². The molecule has 1 N–H and O–H groups in total. The Hall–Kier alpha value is -2.18. The molecule has 0 atom stereocenters. The quantitative estimate of drug-likeness (QED) is 0.819. The summed E-state index contributed by atoms with van der Waals surface area (Å²) in [7, 11) is 0. The van der Waals surface area contributed by atoms with E-state index in [2.05, 4.69) is 10.1 Å². The number of ether oxygens (including phenoxy) is 2. The SMILES string of the molecule is CC(C)(C)CC(=O)OCC(=O)Nc1ccc(OC(F)F)cc1. The molecule has 0 saturated heterocycles. The first-order valence-electron chi connectivity index (χ1n) is 6.66. The van der Waals surface area contributed by atoms with E-state index in [1.165, 1.54) is 24.3 Å². The summed E-state index contributed by atoms with van der Waals surface area (Å²) in [5, 5.41) is 2.48. The lowest BCUT2D eigenvalue weighted by Gasteiger charge is -2.16. The molecule has 0 saturated carbocycles. The van der Waals surface area contributed by atoms with Crippen molar-refractivity contribution in [1.82, 2.24) is 0 Å². The molecule has 122 valence electrons. The lowest BCUT2D eigenvalue weighted by atomic mass is 9.93. The summed E-state index contributed by atoms with van der Waals surface area (Å²) in [6, 6.07) is 5.42. The average Bonchev–Trinajstić information content (AvgIpc) is 2.36. The highest BCUT2D eigenvalue weighted by Gasteiger charge is 2.18. The topological polar surface area (TPSA) is 64.6 Å². The van der Waals surface area contributed by atoms with Crippen molar-refractivity contribution in [3.63, 3.8) is 0 Å². The number of carbonyl (C=O) groups excluding carboxylic acids is 2. The lowest BCUT2D eigenvalue weighted by molar-refractivity contribution is -0.149. The van der Waals surface area contributed by atoms with Crippen molar-refractivity contribution in [3.05, 3.63) is 24.3 Å². The fraction of sp³-hybridized carbons (Fsp3) is 0.467. The van der Waals surface area contributed by atoms with Crippen molar-refractivity contribution in [3.8, 4) is 5.75 Å². The van der Waals surface area contributed by atoms with Crippen LogP contribution in [-0.4, -0.2) is 25.1 Å². The number of rotatable bonds is 6. The number of hydrogen-bond acceptors (Lipinski definition) is 4. The Kier molecular flexibility index (Phi) is 6.27. The van der Waals surface area contributed by atoms with Crippen LogP contribution in [0.25, 0.3) is 0 Å². The number of nitrogens with one attached hydrogen (secondary N) is 1. The highest BCUT2D eigenvalue weighted by Crippen LogP contribution is 2.19. The van der Waals surface area contributed by atoms with Gasteiger partial charge >= 0.3 is 12.6 Å². The van der Waals surface area contributed by atoms with Crippen molar-refractivity contribution in [2.24, 2.45) is 5.41 Å². The molecule has 0 heterocycles. The van der Waals surface area contributed by atoms with Crippen molar-refractivity contribution in [1.29, 1.82) is 0 Å². The molecular formula is C15H19F2NO4. The van der Waals surface area contributed by atoms with Crippen LogP contribution in [0.1, 0.15) is 27.2 Å². The molecule has 0 unspecified atom stereocenters. The molecule has 7 heteroatoms. The Morgan fingerprint density at radius 3 is 2.27 bits per heavy atom. The van der Waals surface area contributed by atoms with Gasteiger partial charge in [-0.15, -0.1) is 0 Å². The first-order chi connectivity index (χ1) is 10.2. The van der Waals surface area contributed by atoms with E-state index in [-0.39, 0.29) is 17.6 Å². The summed E-state index contributed by atoms with van der Waals surface area (Å²) in [6.45, 7) is 2.36. The highest BCUT2D eigenvalue weighted by atomic mass is 19.3. The smallest absolute Gasteiger partial charge is 0.387 e. The number of halogens is 2. The molecule has 1 aromatic carbocycles. The minimum Gasteiger partial charge on any atom is -0.456 e. The number of esters is 1. The van der Waals surface area contributed by atoms with E-state index >= 15 is 0 Å². The number of alkyl halides is 2. The number of carbonyl (C=O) groups is 2. The van der Waals surface area contributed by atoms with Gasteiger partial charge in [-0.3, -0.25) is 9.59 Å². The average molecular weight is 315 g/mol. The summed E-state index contributed by atoms with van der Waals surface area (Å²) in [4.78, 5) is 23.1. The number of anilines is 1. The molecular weight excluding hydrogens is 296 g/mol. The Balaban J connectivity index is 2.40. The first-order valence-corrected chi connectivity index (χ1v) is 6.66. The predicted octanol–water partition coefficient (Wildman–Crippen LogP) is 3.21. The Morgan fingerprint density at radius 2 is 1.77 bits per heavy atom. The second-order valence-electron chi connectivity index (χ2n) is 5.85. The van der Waals surface area contributed by atoms with Gasteiger partial charge in [0.15, 0.2) is 6.61 Å². The minimum absolute atomic E-state index is 0.00963. The zero-order valence-corrected chi connectivity index (χ0v) is 12.7. The van der Waals surface area contributed by atoms with Crippen LogP contribution in [0.4, 0.5) is 14.5 Å². The lowest BCUT2D eigenvalue weighted by Crippen LogP contribution is -2.23. The maximum absolute atomic E-state index is 12.0. The van der Waals surface area contributed by atoms with Gasteiger partial charge in [0.25, 0.3) is 5.91 Å². The van der Waals surface area contributed by atoms with E-state index in [4.69, 9.17) is 4.74 Å². The number of amides is 1. The second-order valence-corrected chi connectivity index (χ2v) is 5.85. The maximum Gasteiger partial charge on any atom is 0.387 e. The zero-order valence-electron chi connectivity index (χ0n) is 12.7. The largest absolute Gasteiger partial charge is 0.456 e. The second kappa shape index (κ2) is 7.72. The van der Waals surface area contributed by atoms with Crippen molar-refractivity contribution in [2.45, 2.75) is 33.8 Å².